The van der Waals surface area contributed by atoms with E-state index in [9.17, 15) is 0 Å². The first kappa shape index (κ1) is 12.0. The van der Waals surface area contributed by atoms with Gasteiger partial charge in [0.05, 0.1) is 12.4 Å². The Morgan fingerprint density at radius 2 is 1.88 bits per heavy atom. The molecule has 5 heteroatoms. The van der Waals surface area contributed by atoms with E-state index in [1.165, 1.54) is 0 Å². The van der Waals surface area contributed by atoms with Crippen LogP contribution in [0.1, 0.15) is 0 Å². The molecule has 0 unspecified atom stereocenters. The predicted octanol–water partition coefficient (Wildman–Crippen LogP) is 2.24. The van der Waals surface area contributed by atoms with Gasteiger partial charge in [-0.05, 0) is 6.07 Å². The van der Waals surface area contributed by atoms with Gasteiger partial charge in [0.2, 0.25) is 0 Å². The van der Waals surface area contributed by atoms with Crippen molar-refractivity contribution in [2.75, 3.05) is 13.2 Å². The van der Waals surface area contributed by atoms with Crippen molar-refractivity contribution in [2.24, 2.45) is 5.73 Å². The van der Waals surface area contributed by atoms with Crippen molar-refractivity contribution in [1.29, 1.82) is 0 Å². The van der Waals surface area contributed by atoms with Crippen molar-refractivity contribution >= 4 is 15.9 Å². The van der Waals surface area contributed by atoms with Crippen LogP contribution in [0.15, 0.2) is 41.1 Å². The third-order valence-electron chi connectivity index (χ3n) is 2.13. The highest BCUT2D eigenvalue weighted by atomic mass is 79.9. The number of halogens is 1. The number of nitrogens with zero attached hydrogens (tertiary/aromatic N) is 2. The van der Waals surface area contributed by atoms with E-state index in [2.05, 4.69) is 25.9 Å². The second kappa shape index (κ2) is 5.75. The van der Waals surface area contributed by atoms with E-state index in [4.69, 9.17) is 10.5 Å². The monoisotopic (exact) mass is 293 g/mol. The molecule has 0 amide bonds. The summed E-state index contributed by atoms with van der Waals surface area (Å²) in [4.78, 5) is 8.51. The summed E-state index contributed by atoms with van der Waals surface area (Å²) in [5.74, 6) is 1.30. The third-order valence-corrected chi connectivity index (χ3v) is 2.82. The van der Waals surface area contributed by atoms with Crippen molar-refractivity contribution in [1.82, 2.24) is 9.97 Å². The molecule has 4 nitrogen and oxygen atoms in total. The summed E-state index contributed by atoms with van der Waals surface area (Å²) < 4.78 is 6.28. The summed E-state index contributed by atoms with van der Waals surface area (Å²) in [5.41, 5.74) is 6.30. The first-order valence-electron chi connectivity index (χ1n) is 5.21. The Kier molecular flexibility index (Phi) is 4.06. The largest absolute Gasteiger partial charge is 0.489 e. The number of hydrogen-bond acceptors (Lipinski definition) is 4. The summed E-state index contributed by atoms with van der Waals surface area (Å²) >= 11 is 3.47. The number of nitrogens with two attached hydrogens (primary N) is 1. The van der Waals surface area contributed by atoms with Crippen LogP contribution < -0.4 is 10.5 Å². The molecule has 0 saturated heterocycles. The molecule has 17 heavy (non-hydrogen) atoms. The summed E-state index contributed by atoms with van der Waals surface area (Å²) in [5, 5.41) is 0. The molecule has 0 radical (unpaired) electrons. The fourth-order valence-corrected chi connectivity index (χ4v) is 1.81. The zero-order valence-corrected chi connectivity index (χ0v) is 10.7. The molecule has 1 aromatic carbocycles. The van der Waals surface area contributed by atoms with E-state index in [0.717, 1.165) is 10.0 Å². The molecule has 2 rings (SSSR count). The first-order chi connectivity index (χ1) is 8.31. The molecule has 0 aliphatic rings. The molecule has 0 spiro atoms. The maximum absolute atomic E-state index is 5.35. The number of hydrogen-bond donors (Lipinski definition) is 1. The average Bonchev–Trinajstić information content (AvgIpc) is 2.38. The lowest BCUT2D eigenvalue weighted by molar-refractivity contribution is 0.325. The van der Waals surface area contributed by atoms with Gasteiger partial charge in [0.25, 0.3) is 0 Å². The van der Waals surface area contributed by atoms with Gasteiger partial charge in [0, 0.05) is 16.6 Å². The van der Waals surface area contributed by atoms with Crippen molar-refractivity contribution in [3.63, 3.8) is 0 Å². The van der Waals surface area contributed by atoms with E-state index >= 15 is 0 Å². The van der Waals surface area contributed by atoms with Gasteiger partial charge < -0.3 is 10.5 Å². The highest BCUT2D eigenvalue weighted by Crippen LogP contribution is 2.25. The first-order valence-corrected chi connectivity index (χ1v) is 6.00. The standard InChI is InChI=1S/C12H12BrN3O/c13-11-4-2-1-3-10(11)12-15-7-9(8-16-12)17-6-5-14/h1-4,7-8H,5-6,14H2. The van der Waals surface area contributed by atoms with Crippen LogP contribution in [0.25, 0.3) is 11.4 Å². The molecule has 88 valence electrons. The lowest BCUT2D eigenvalue weighted by Crippen LogP contribution is -2.10. The zero-order valence-electron chi connectivity index (χ0n) is 9.14. The lowest BCUT2D eigenvalue weighted by atomic mass is 10.2. The number of rotatable bonds is 4. The van der Waals surface area contributed by atoms with Gasteiger partial charge in [-0.15, -0.1) is 0 Å². The Labute approximate surface area is 108 Å². The Bertz CT molecular complexity index is 487. The number of benzene rings is 1. The topological polar surface area (TPSA) is 61.0 Å². The van der Waals surface area contributed by atoms with Gasteiger partial charge in [-0.25, -0.2) is 9.97 Å². The predicted molar refractivity (Wildman–Crippen MR) is 69.7 cm³/mol. The molecule has 2 aromatic rings. The van der Waals surface area contributed by atoms with E-state index in [-0.39, 0.29) is 0 Å². The third kappa shape index (κ3) is 3.01. The van der Waals surface area contributed by atoms with E-state index in [0.29, 0.717) is 24.7 Å². The van der Waals surface area contributed by atoms with E-state index in [1.54, 1.807) is 12.4 Å². The molecular weight excluding hydrogens is 282 g/mol. The van der Waals surface area contributed by atoms with Gasteiger partial charge in [0.1, 0.15) is 6.61 Å². The lowest BCUT2D eigenvalue weighted by Gasteiger charge is -2.05. The molecule has 0 fully saturated rings. The number of ether oxygens (including phenoxy) is 1. The molecule has 1 aromatic heterocycles. The van der Waals surface area contributed by atoms with Crippen LogP contribution in [-0.4, -0.2) is 23.1 Å². The van der Waals surface area contributed by atoms with Crippen LogP contribution in [0.3, 0.4) is 0 Å². The second-order valence-electron chi connectivity index (χ2n) is 3.36. The molecular formula is C12H12BrN3O. The highest BCUT2D eigenvalue weighted by molar-refractivity contribution is 9.10. The molecule has 1 heterocycles. The summed E-state index contributed by atoms with van der Waals surface area (Å²) in [7, 11) is 0. The maximum atomic E-state index is 5.35. The van der Waals surface area contributed by atoms with Gasteiger partial charge in [-0.3, -0.25) is 0 Å². The summed E-state index contributed by atoms with van der Waals surface area (Å²) in [6.45, 7) is 0.948. The number of aromatic nitrogens is 2. The molecule has 0 aliphatic heterocycles. The quantitative estimate of drug-likeness (QED) is 0.939. The van der Waals surface area contributed by atoms with Crippen molar-refractivity contribution < 1.29 is 4.74 Å². The minimum Gasteiger partial charge on any atom is -0.489 e. The van der Waals surface area contributed by atoms with Gasteiger partial charge in [0.15, 0.2) is 11.6 Å². The van der Waals surface area contributed by atoms with Crippen molar-refractivity contribution in [3.8, 4) is 17.1 Å². The molecule has 0 saturated carbocycles. The van der Waals surface area contributed by atoms with Crippen LogP contribution in [0.5, 0.6) is 5.75 Å². The van der Waals surface area contributed by atoms with Crippen LogP contribution in [-0.2, 0) is 0 Å². The van der Waals surface area contributed by atoms with Crippen molar-refractivity contribution in [3.05, 3.63) is 41.1 Å². The minimum absolute atomic E-state index is 0.470. The normalized spacial score (nSPS) is 10.2. The second-order valence-corrected chi connectivity index (χ2v) is 4.21. The van der Waals surface area contributed by atoms with Gasteiger partial charge in [-0.1, -0.05) is 34.1 Å². The summed E-state index contributed by atoms with van der Waals surface area (Å²) in [6, 6.07) is 7.81. The Balaban J connectivity index is 2.21. The van der Waals surface area contributed by atoms with Crippen LogP contribution in [0.2, 0.25) is 0 Å². The van der Waals surface area contributed by atoms with Crippen LogP contribution in [0.4, 0.5) is 0 Å². The van der Waals surface area contributed by atoms with Crippen LogP contribution >= 0.6 is 15.9 Å². The van der Waals surface area contributed by atoms with Crippen LogP contribution in [0, 0.1) is 0 Å². The maximum Gasteiger partial charge on any atom is 0.160 e. The molecule has 0 bridgehead atoms. The SMILES string of the molecule is NCCOc1cnc(-c2ccccc2Br)nc1. The molecule has 2 N–H and O–H groups in total. The minimum atomic E-state index is 0.470. The molecule has 0 atom stereocenters. The fourth-order valence-electron chi connectivity index (χ4n) is 1.35. The Hall–Kier alpha value is -1.46. The molecule has 0 aliphatic carbocycles. The highest BCUT2D eigenvalue weighted by Gasteiger charge is 2.05. The Morgan fingerprint density at radius 1 is 1.18 bits per heavy atom. The fraction of sp³-hybridized carbons (Fsp3) is 0.167. The van der Waals surface area contributed by atoms with E-state index in [1.807, 2.05) is 24.3 Å². The smallest absolute Gasteiger partial charge is 0.160 e. The van der Waals surface area contributed by atoms with Gasteiger partial charge >= 0.3 is 0 Å². The average molecular weight is 294 g/mol. The Morgan fingerprint density at radius 3 is 2.53 bits per heavy atom. The zero-order chi connectivity index (χ0) is 12.1. The summed E-state index contributed by atoms with van der Waals surface area (Å²) in [6.07, 6.45) is 3.30. The van der Waals surface area contributed by atoms with Crippen molar-refractivity contribution in [2.45, 2.75) is 0 Å². The van der Waals surface area contributed by atoms with E-state index < -0.39 is 0 Å². The van der Waals surface area contributed by atoms with Gasteiger partial charge in [-0.2, -0.15) is 0 Å².